The van der Waals surface area contributed by atoms with E-state index < -0.39 is 56.6 Å². The van der Waals surface area contributed by atoms with E-state index in [0.29, 0.717) is 30.1 Å². The number of methoxy groups -OCH3 is 2. The fraction of sp³-hybridized carbons (Fsp3) is 0.396. The van der Waals surface area contributed by atoms with Crippen molar-refractivity contribution in [2.45, 2.75) is 86.0 Å². The average Bonchev–Trinajstić information content (AvgIpc) is 4.13. The molecule has 0 bridgehead atoms. The molecule has 3 aliphatic rings. The first-order valence-electron chi connectivity index (χ1n) is 22.1. The van der Waals surface area contributed by atoms with Gasteiger partial charge in [-0.15, -0.1) is 0 Å². The summed E-state index contributed by atoms with van der Waals surface area (Å²) in [6, 6.07) is 35.4. The lowest BCUT2D eigenvalue weighted by Gasteiger charge is -2.37. The van der Waals surface area contributed by atoms with Crippen LogP contribution in [0.25, 0.3) is 11.2 Å². The molecule has 17 heteroatoms. The van der Waals surface area contributed by atoms with Gasteiger partial charge in [0.1, 0.15) is 35.8 Å². The van der Waals surface area contributed by atoms with Crippen molar-refractivity contribution in [3.8, 4) is 17.4 Å². The molecule has 9 rings (SSSR count). The van der Waals surface area contributed by atoms with Crippen LogP contribution in [-0.2, 0) is 34.0 Å². The monoisotopic (exact) mass is 937 g/mol. The molecular formula is C48H56N5O9PSSi. The Kier molecular flexibility index (Phi) is 13.4. The molecule has 1 unspecified atom stereocenters. The molecule has 14 nitrogen and oxygen atoms in total. The average molecular weight is 938 g/mol. The molecular weight excluding hydrogens is 882 g/mol. The van der Waals surface area contributed by atoms with Gasteiger partial charge in [-0.05, 0) is 72.0 Å². The second-order valence-corrected chi connectivity index (χ2v) is 26.9. The first kappa shape index (κ1) is 45.4. The fourth-order valence-electron chi connectivity index (χ4n) is 8.90. The Morgan fingerprint density at radius 1 is 0.815 bits per heavy atom. The van der Waals surface area contributed by atoms with Gasteiger partial charge < -0.3 is 32.7 Å². The summed E-state index contributed by atoms with van der Waals surface area (Å²) in [7, 11) is -3.34. The number of hydrogen-bond acceptors (Lipinski definition) is 13. The molecule has 0 radical (unpaired) electrons. The van der Waals surface area contributed by atoms with Gasteiger partial charge in [-0.3, -0.25) is 4.57 Å². The fourth-order valence-corrected chi connectivity index (χ4v) is 13.2. The molecule has 6 atom stereocenters. The Morgan fingerprint density at radius 2 is 1.46 bits per heavy atom. The number of benzene rings is 4. The Labute approximate surface area is 383 Å². The Balaban J connectivity index is 1.06. The summed E-state index contributed by atoms with van der Waals surface area (Å²) >= 11 is 0. The lowest BCUT2D eigenvalue weighted by Crippen LogP contribution is -2.38. The summed E-state index contributed by atoms with van der Waals surface area (Å²) in [5.74, 6) is 1.73. The topological polar surface area (TPSA) is 146 Å². The van der Waals surface area contributed by atoms with E-state index >= 15 is 0 Å². The first-order valence-corrected chi connectivity index (χ1v) is 28.6. The summed E-state index contributed by atoms with van der Waals surface area (Å²) in [5.41, 5.74) is 2.69. The van der Waals surface area contributed by atoms with Crippen molar-refractivity contribution in [3.05, 3.63) is 139 Å². The molecule has 0 saturated carbocycles. The van der Waals surface area contributed by atoms with Crippen molar-refractivity contribution in [2.75, 3.05) is 39.7 Å². The van der Waals surface area contributed by atoms with E-state index in [9.17, 15) is 8.42 Å². The van der Waals surface area contributed by atoms with Crippen molar-refractivity contribution in [1.82, 2.24) is 24.2 Å². The number of rotatable bonds is 18. The molecule has 3 saturated heterocycles. The Hall–Kier alpha value is -4.77. The van der Waals surface area contributed by atoms with Crippen LogP contribution in [0.2, 0.25) is 25.7 Å². The van der Waals surface area contributed by atoms with Gasteiger partial charge in [-0.2, -0.15) is 4.98 Å². The van der Waals surface area contributed by atoms with Crippen LogP contribution in [-0.4, -0.2) is 105 Å². The van der Waals surface area contributed by atoms with E-state index in [-0.39, 0.29) is 23.3 Å². The number of nitrogens with zero attached hydrogens (tertiary/aromatic N) is 5. The van der Waals surface area contributed by atoms with Crippen LogP contribution in [0.4, 0.5) is 0 Å². The normalized spacial score (nSPS) is 22.6. The van der Waals surface area contributed by atoms with Crippen LogP contribution >= 0.6 is 8.53 Å². The van der Waals surface area contributed by atoms with E-state index in [0.717, 1.165) is 53.6 Å². The maximum absolute atomic E-state index is 13.7. The summed E-state index contributed by atoms with van der Waals surface area (Å²) in [4.78, 5) is 14.1. The highest BCUT2D eigenvalue weighted by Crippen LogP contribution is 2.58. The number of ether oxygens (including phenoxy) is 5. The molecule has 0 N–H and O–H groups in total. The predicted molar refractivity (Wildman–Crippen MR) is 251 cm³/mol. The number of hydrogen-bond donors (Lipinski definition) is 0. The zero-order valence-electron chi connectivity index (χ0n) is 37.4. The number of imidazole rings is 1. The first-order chi connectivity index (χ1) is 31.5. The summed E-state index contributed by atoms with van der Waals surface area (Å²) in [6.45, 7) is 8.31. The van der Waals surface area contributed by atoms with Crippen molar-refractivity contribution in [3.63, 3.8) is 0 Å². The van der Waals surface area contributed by atoms with E-state index in [1.807, 2.05) is 77.4 Å². The third kappa shape index (κ3) is 9.59. The largest absolute Gasteiger partial charge is 0.497 e. The zero-order valence-corrected chi connectivity index (χ0v) is 40.1. The van der Waals surface area contributed by atoms with E-state index in [4.69, 9.17) is 37.7 Å². The molecule has 0 spiro atoms. The number of aromatic nitrogens is 4. The maximum Gasteiger partial charge on any atom is 0.259 e. The van der Waals surface area contributed by atoms with Gasteiger partial charge in [-0.1, -0.05) is 92.4 Å². The second-order valence-electron chi connectivity index (χ2n) is 17.8. The standard InChI is InChI=1S/C48H56N5O9PSSi/c1-56-37-22-18-35(19-23-37)48(34-13-8-6-9-14-34,36-20-24-38(57-2)25-21-36)59-30-42-41(29-44(60-42)52-33-51-45-46(52)49-32-50-47(45)58-27-28-65(3,4)5)61-63-53-26-12-17-40(53)43(62-63)31-64(54,55)39-15-10-7-11-16-39/h6-11,13-16,18-25,32-33,40-44H,12,17,26-31H2,1-5H3/t40-,41-,42+,43+,44+,63?/m0/s1. The molecule has 5 heterocycles. The Bertz CT molecular complexity index is 2590. The maximum atomic E-state index is 13.7. The van der Waals surface area contributed by atoms with Crippen molar-refractivity contribution >= 4 is 37.6 Å². The summed E-state index contributed by atoms with van der Waals surface area (Å²) in [5, 5.41) is 0. The minimum Gasteiger partial charge on any atom is -0.497 e. The predicted octanol–water partition coefficient (Wildman–Crippen LogP) is 8.81. The van der Waals surface area contributed by atoms with Gasteiger partial charge in [0, 0.05) is 27.1 Å². The third-order valence-corrected chi connectivity index (χ3v) is 17.7. The minimum absolute atomic E-state index is 0.0862. The number of fused-ring (bicyclic) bond motifs is 2. The summed E-state index contributed by atoms with van der Waals surface area (Å²) in [6.07, 6.45) is 3.10. The molecule has 3 aliphatic heterocycles. The van der Waals surface area contributed by atoms with Gasteiger partial charge >= 0.3 is 0 Å². The van der Waals surface area contributed by atoms with Crippen LogP contribution in [0.3, 0.4) is 0 Å². The molecule has 2 aromatic heterocycles. The second kappa shape index (κ2) is 19.2. The lowest BCUT2D eigenvalue weighted by atomic mass is 9.80. The SMILES string of the molecule is COc1ccc(C(OC[C@H]2O[C@@H](n3cnc4c(OCC[Si](C)(C)C)ncnc43)C[C@@H]2OP2O[C@H](CS(=O)(=O)c3ccccc3)[C@@H]3CCCN32)(c2ccccc2)c2ccc(OC)cc2)cc1. The highest BCUT2D eigenvalue weighted by atomic mass is 32.2. The molecule has 342 valence electrons. The summed E-state index contributed by atoms with van der Waals surface area (Å²) < 4.78 is 77.1. The van der Waals surface area contributed by atoms with Crippen LogP contribution < -0.4 is 14.2 Å². The van der Waals surface area contributed by atoms with Gasteiger partial charge in [0.25, 0.3) is 8.53 Å². The van der Waals surface area contributed by atoms with Gasteiger partial charge in [0.2, 0.25) is 5.88 Å². The molecule has 6 aromatic rings. The van der Waals surface area contributed by atoms with Gasteiger partial charge in [0.05, 0.1) is 56.6 Å². The van der Waals surface area contributed by atoms with Crippen molar-refractivity contribution in [2.24, 2.45) is 0 Å². The minimum atomic E-state index is -3.62. The van der Waals surface area contributed by atoms with Crippen LogP contribution in [0.5, 0.6) is 17.4 Å². The van der Waals surface area contributed by atoms with Crippen LogP contribution in [0.15, 0.2) is 127 Å². The van der Waals surface area contributed by atoms with Gasteiger partial charge in [0.15, 0.2) is 21.0 Å². The third-order valence-electron chi connectivity index (χ3n) is 12.4. The molecule has 3 fully saturated rings. The highest BCUT2D eigenvalue weighted by molar-refractivity contribution is 7.91. The molecule has 4 aromatic carbocycles. The zero-order chi connectivity index (χ0) is 45.2. The molecule has 65 heavy (non-hydrogen) atoms. The molecule has 0 amide bonds. The Morgan fingerprint density at radius 3 is 2.11 bits per heavy atom. The lowest BCUT2D eigenvalue weighted by molar-refractivity contribution is -0.0906. The quantitative estimate of drug-likeness (QED) is 0.0460. The van der Waals surface area contributed by atoms with E-state index in [2.05, 4.69) is 46.4 Å². The smallest absolute Gasteiger partial charge is 0.259 e. The van der Waals surface area contributed by atoms with Crippen molar-refractivity contribution in [1.29, 1.82) is 0 Å². The highest BCUT2D eigenvalue weighted by Gasteiger charge is 2.51. The van der Waals surface area contributed by atoms with E-state index in [1.165, 1.54) is 6.33 Å². The molecule has 0 aliphatic carbocycles. The van der Waals surface area contributed by atoms with Crippen molar-refractivity contribution < 1.29 is 41.1 Å². The van der Waals surface area contributed by atoms with Crippen LogP contribution in [0.1, 0.15) is 42.2 Å². The van der Waals surface area contributed by atoms with Crippen LogP contribution in [0, 0.1) is 0 Å². The van der Waals surface area contributed by atoms with E-state index in [1.54, 1.807) is 44.8 Å². The van der Waals surface area contributed by atoms with Gasteiger partial charge in [-0.25, -0.2) is 23.1 Å². The number of sulfone groups is 1.